The summed E-state index contributed by atoms with van der Waals surface area (Å²) in [6, 6.07) is 3.69. The first-order valence-corrected chi connectivity index (χ1v) is 7.95. The first kappa shape index (κ1) is 16.2. The summed E-state index contributed by atoms with van der Waals surface area (Å²) < 4.78 is 31.6. The second kappa shape index (κ2) is 6.32. The van der Waals surface area contributed by atoms with Gasteiger partial charge in [-0.2, -0.15) is 4.31 Å². The lowest BCUT2D eigenvalue weighted by Gasteiger charge is -2.32. The number of sulfonamides is 1. The lowest BCUT2D eigenvalue weighted by atomic mass is 10.2. The van der Waals surface area contributed by atoms with Crippen LogP contribution in [0.15, 0.2) is 23.1 Å². The van der Waals surface area contributed by atoms with Gasteiger partial charge in [-0.1, -0.05) is 0 Å². The molecule has 1 amide bonds. The maximum atomic E-state index is 12.7. The molecule has 0 saturated carbocycles. The van der Waals surface area contributed by atoms with Crippen LogP contribution < -0.4 is 4.74 Å². The average molecular weight is 328 g/mol. The molecule has 1 aliphatic heterocycles. The molecule has 1 saturated heterocycles. The zero-order chi connectivity index (χ0) is 16.3. The number of hydrogen-bond donors (Lipinski definition) is 1. The molecule has 120 valence electrons. The summed E-state index contributed by atoms with van der Waals surface area (Å²) in [7, 11) is -2.57. The van der Waals surface area contributed by atoms with E-state index >= 15 is 0 Å². The molecular weight excluding hydrogens is 312 g/mol. The van der Waals surface area contributed by atoms with Crippen molar-refractivity contribution in [2.24, 2.45) is 0 Å². The van der Waals surface area contributed by atoms with Crippen molar-refractivity contribution < 1.29 is 27.9 Å². The van der Waals surface area contributed by atoms with E-state index in [1.165, 1.54) is 28.4 Å². The number of carbonyl (C=O) groups is 2. The third-order valence-electron chi connectivity index (χ3n) is 3.45. The predicted molar refractivity (Wildman–Crippen MR) is 76.3 cm³/mol. The minimum atomic E-state index is -3.89. The van der Waals surface area contributed by atoms with Gasteiger partial charge in [0.05, 0.1) is 12.7 Å². The first-order chi connectivity index (χ1) is 10.4. The van der Waals surface area contributed by atoms with E-state index < -0.39 is 16.0 Å². The average Bonchev–Trinajstić information content (AvgIpc) is 2.54. The fourth-order valence-electron chi connectivity index (χ4n) is 2.20. The Balaban J connectivity index is 2.38. The largest absolute Gasteiger partial charge is 0.495 e. The van der Waals surface area contributed by atoms with Gasteiger partial charge in [-0.3, -0.25) is 4.79 Å². The van der Waals surface area contributed by atoms with Crippen LogP contribution in [0.1, 0.15) is 10.4 Å². The lowest BCUT2D eigenvalue weighted by Crippen LogP contribution is -2.48. The summed E-state index contributed by atoms with van der Waals surface area (Å²) in [5.74, 6) is -1.13. The maximum absolute atomic E-state index is 12.7. The highest BCUT2D eigenvalue weighted by molar-refractivity contribution is 7.89. The number of ether oxygens (including phenoxy) is 1. The van der Waals surface area contributed by atoms with Gasteiger partial charge in [0.15, 0.2) is 0 Å². The van der Waals surface area contributed by atoms with Gasteiger partial charge in [-0.25, -0.2) is 13.2 Å². The van der Waals surface area contributed by atoms with Gasteiger partial charge in [0.25, 0.3) is 0 Å². The Bertz CT molecular complexity index is 680. The Kier molecular flexibility index (Phi) is 4.67. The van der Waals surface area contributed by atoms with Gasteiger partial charge in [-0.15, -0.1) is 0 Å². The summed E-state index contributed by atoms with van der Waals surface area (Å²) in [4.78, 5) is 23.0. The molecule has 0 aromatic heterocycles. The van der Waals surface area contributed by atoms with Crippen molar-refractivity contribution in [3.8, 4) is 5.75 Å². The van der Waals surface area contributed by atoms with Gasteiger partial charge in [0, 0.05) is 26.2 Å². The zero-order valence-electron chi connectivity index (χ0n) is 11.9. The number of hydrogen-bond acceptors (Lipinski definition) is 5. The second-order valence-corrected chi connectivity index (χ2v) is 6.62. The highest BCUT2D eigenvalue weighted by atomic mass is 32.2. The molecule has 0 atom stereocenters. The molecule has 8 nitrogen and oxygen atoms in total. The minimum absolute atomic E-state index is 0.0859. The molecular formula is C13H16N2O6S. The van der Waals surface area contributed by atoms with E-state index in [1.54, 1.807) is 0 Å². The Morgan fingerprint density at radius 3 is 2.41 bits per heavy atom. The van der Waals surface area contributed by atoms with E-state index in [2.05, 4.69) is 0 Å². The number of piperazine rings is 1. The van der Waals surface area contributed by atoms with Crippen molar-refractivity contribution in [2.45, 2.75) is 4.90 Å². The molecule has 0 aliphatic carbocycles. The maximum Gasteiger partial charge on any atom is 0.335 e. The molecule has 1 fully saturated rings. The van der Waals surface area contributed by atoms with Gasteiger partial charge in [-0.05, 0) is 18.2 Å². The number of amides is 1. The van der Waals surface area contributed by atoms with E-state index in [9.17, 15) is 18.0 Å². The van der Waals surface area contributed by atoms with Crippen LogP contribution in [0.5, 0.6) is 5.75 Å². The topological polar surface area (TPSA) is 104 Å². The Morgan fingerprint density at radius 1 is 1.27 bits per heavy atom. The van der Waals surface area contributed by atoms with Crippen molar-refractivity contribution in [3.63, 3.8) is 0 Å². The molecule has 1 aliphatic rings. The highest BCUT2D eigenvalue weighted by Crippen LogP contribution is 2.28. The fraction of sp³-hybridized carbons (Fsp3) is 0.385. The fourth-order valence-corrected chi connectivity index (χ4v) is 3.80. The standard InChI is InChI=1S/C13H16N2O6S/c1-21-11-3-2-10(13(17)18)8-12(11)22(19,20)15-6-4-14(9-16)5-7-15/h2-3,8-9H,4-7H2,1H3,(H,17,18). The van der Waals surface area contributed by atoms with Gasteiger partial charge in [0.1, 0.15) is 10.6 Å². The number of benzene rings is 1. The molecule has 22 heavy (non-hydrogen) atoms. The Morgan fingerprint density at radius 2 is 1.91 bits per heavy atom. The zero-order valence-corrected chi connectivity index (χ0v) is 12.7. The second-order valence-electron chi connectivity index (χ2n) is 4.72. The number of carboxylic acids is 1. The summed E-state index contributed by atoms with van der Waals surface area (Å²) in [5, 5.41) is 9.02. The third kappa shape index (κ3) is 3.04. The molecule has 2 rings (SSSR count). The van der Waals surface area contributed by atoms with Gasteiger partial charge < -0.3 is 14.7 Å². The van der Waals surface area contributed by atoms with Crippen molar-refractivity contribution in [2.75, 3.05) is 33.3 Å². The Labute approximate surface area is 127 Å². The third-order valence-corrected chi connectivity index (χ3v) is 5.37. The van der Waals surface area contributed by atoms with E-state index in [1.807, 2.05) is 0 Å². The van der Waals surface area contributed by atoms with Crippen LogP contribution in [-0.2, 0) is 14.8 Å². The summed E-state index contributed by atoms with van der Waals surface area (Å²) >= 11 is 0. The molecule has 0 spiro atoms. The molecule has 1 aromatic carbocycles. The molecule has 0 bridgehead atoms. The van der Waals surface area contributed by atoms with E-state index in [-0.39, 0.29) is 29.3 Å². The van der Waals surface area contributed by atoms with Gasteiger partial charge >= 0.3 is 5.97 Å². The highest BCUT2D eigenvalue weighted by Gasteiger charge is 2.31. The summed E-state index contributed by atoms with van der Waals surface area (Å²) in [5.41, 5.74) is -0.133. The molecule has 1 heterocycles. The number of methoxy groups -OCH3 is 1. The number of rotatable bonds is 5. The monoisotopic (exact) mass is 328 g/mol. The van der Waals surface area contributed by atoms with Crippen LogP contribution in [-0.4, -0.2) is 68.4 Å². The Hall–Kier alpha value is -2.13. The normalized spacial score (nSPS) is 16.3. The van der Waals surface area contributed by atoms with Crippen LogP contribution in [0.25, 0.3) is 0 Å². The quantitative estimate of drug-likeness (QED) is 0.754. The molecule has 1 aromatic rings. The van der Waals surface area contributed by atoms with Gasteiger partial charge in [0.2, 0.25) is 16.4 Å². The number of aromatic carboxylic acids is 1. The van der Waals surface area contributed by atoms with Crippen LogP contribution in [0.2, 0.25) is 0 Å². The lowest BCUT2D eigenvalue weighted by molar-refractivity contribution is -0.119. The van der Waals surface area contributed by atoms with Crippen molar-refractivity contribution in [1.29, 1.82) is 0 Å². The molecule has 0 radical (unpaired) electrons. The number of carbonyl (C=O) groups excluding carboxylic acids is 1. The SMILES string of the molecule is COc1ccc(C(=O)O)cc1S(=O)(=O)N1CCN(C=O)CC1. The molecule has 9 heteroatoms. The van der Waals surface area contributed by atoms with E-state index in [4.69, 9.17) is 9.84 Å². The van der Waals surface area contributed by atoms with Crippen molar-refractivity contribution >= 4 is 22.4 Å². The van der Waals surface area contributed by atoms with Crippen LogP contribution in [0, 0.1) is 0 Å². The van der Waals surface area contributed by atoms with E-state index in [0.717, 1.165) is 6.07 Å². The van der Waals surface area contributed by atoms with Crippen LogP contribution in [0.3, 0.4) is 0 Å². The number of carboxylic acid groups (broad SMARTS) is 1. The van der Waals surface area contributed by atoms with Crippen molar-refractivity contribution in [1.82, 2.24) is 9.21 Å². The van der Waals surface area contributed by atoms with Crippen LogP contribution >= 0.6 is 0 Å². The first-order valence-electron chi connectivity index (χ1n) is 6.51. The summed E-state index contributed by atoms with van der Waals surface area (Å²) in [6.45, 7) is 0.899. The summed E-state index contributed by atoms with van der Waals surface area (Å²) in [6.07, 6.45) is 0.676. The van der Waals surface area contributed by atoms with Crippen LogP contribution in [0.4, 0.5) is 0 Å². The van der Waals surface area contributed by atoms with E-state index in [0.29, 0.717) is 19.5 Å². The predicted octanol–water partition coefficient (Wildman–Crippen LogP) is -0.144. The smallest absolute Gasteiger partial charge is 0.335 e. The molecule has 0 unspecified atom stereocenters. The minimum Gasteiger partial charge on any atom is -0.495 e. The molecule has 1 N–H and O–H groups in total. The number of nitrogens with zero attached hydrogens (tertiary/aromatic N) is 2. The van der Waals surface area contributed by atoms with Crippen molar-refractivity contribution in [3.05, 3.63) is 23.8 Å².